The lowest BCUT2D eigenvalue weighted by Gasteiger charge is -2.34. The van der Waals surface area contributed by atoms with E-state index in [4.69, 9.17) is 9.47 Å². The molecule has 0 saturated carbocycles. The molecule has 6 nitrogen and oxygen atoms in total. The van der Waals surface area contributed by atoms with E-state index in [0.29, 0.717) is 24.7 Å². The molecule has 0 amide bonds. The van der Waals surface area contributed by atoms with Gasteiger partial charge in [-0.3, -0.25) is 9.88 Å². The van der Waals surface area contributed by atoms with Crippen LogP contribution in [0.4, 0.5) is 0 Å². The van der Waals surface area contributed by atoms with E-state index in [9.17, 15) is 5.11 Å². The first-order valence-corrected chi connectivity index (χ1v) is 6.13. The van der Waals surface area contributed by atoms with E-state index in [1.54, 1.807) is 6.20 Å². The van der Waals surface area contributed by atoms with Crippen LogP contribution in [0.2, 0.25) is 0 Å². The van der Waals surface area contributed by atoms with Gasteiger partial charge in [0.15, 0.2) is 0 Å². The molecular formula is C12H19N3O3. The zero-order chi connectivity index (χ0) is 13.0. The van der Waals surface area contributed by atoms with Crippen molar-refractivity contribution in [2.24, 2.45) is 0 Å². The SMILES string of the molecule is CCN1CCOC(C(O)c2nccnc2OC)C1. The Balaban J connectivity index is 2.12. The molecule has 0 radical (unpaired) electrons. The highest BCUT2D eigenvalue weighted by atomic mass is 16.5. The minimum Gasteiger partial charge on any atom is -0.480 e. The highest BCUT2D eigenvalue weighted by Gasteiger charge is 2.30. The maximum absolute atomic E-state index is 10.3. The third kappa shape index (κ3) is 2.77. The number of rotatable bonds is 4. The molecule has 1 aliphatic heterocycles. The van der Waals surface area contributed by atoms with Crippen molar-refractivity contribution in [2.75, 3.05) is 33.4 Å². The van der Waals surface area contributed by atoms with E-state index in [1.807, 2.05) is 0 Å². The van der Waals surface area contributed by atoms with E-state index in [1.165, 1.54) is 13.3 Å². The average Bonchev–Trinajstić information content (AvgIpc) is 2.46. The molecular weight excluding hydrogens is 234 g/mol. The number of ether oxygens (including phenoxy) is 2. The Morgan fingerprint density at radius 3 is 3.06 bits per heavy atom. The predicted molar refractivity (Wildman–Crippen MR) is 65.4 cm³/mol. The number of nitrogens with zero attached hydrogens (tertiary/aromatic N) is 3. The van der Waals surface area contributed by atoms with Gasteiger partial charge in [0.25, 0.3) is 0 Å². The molecule has 0 aliphatic carbocycles. The first-order valence-electron chi connectivity index (χ1n) is 6.13. The second-order valence-electron chi connectivity index (χ2n) is 4.20. The zero-order valence-electron chi connectivity index (χ0n) is 10.7. The lowest BCUT2D eigenvalue weighted by atomic mass is 10.1. The molecule has 18 heavy (non-hydrogen) atoms. The van der Waals surface area contributed by atoms with Crippen LogP contribution in [-0.2, 0) is 4.74 Å². The average molecular weight is 253 g/mol. The number of morpholine rings is 1. The van der Waals surface area contributed by atoms with Crippen LogP contribution >= 0.6 is 0 Å². The van der Waals surface area contributed by atoms with Crippen molar-refractivity contribution in [2.45, 2.75) is 19.1 Å². The Kier molecular flexibility index (Phi) is 4.46. The number of hydrogen-bond acceptors (Lipinski definition) is 6. The normalized spacial score (nSPS) is 22.7. The minimum absolute atomic E-state index is 0.288. The zero-order valence-corrected chi connectivity index (χ0v) is 10.7. The van der Waals surface area contributed by atoms with Crippen molar-refractivity contribution in [3.05, 3.63) is 18.1 Å². The fourth-order valence-corrected chi connectivity index (χ4v) is 2.08. The Hall–Kier alpha value is -1.24. The second-order valence-corrected chi connectivity index (χ2v) is 4.20. The maximum Gasteiger partial charge on any atom is 0.238 e. The Bertz CT molecular complexity index is 389. The lowest BCUT2D eigenvalue weighted by molar-refractivity contribution is -0.0907. The number of hydrogen-bond donors (Lipinski definition) is 1. The fraction of sp³-hybridized carbons (Fsp3) is 0.667. The molecule has 0 aromatic carbocycles. The van der Waals surface area contributed by atoms with Gasteiger partial charge in [-0.1, -0.05) is 6.92 Å². The summed E-state index contributed by atoms with van der Waals surface area (Å²) >= 11 is 0. The molecule has 100 valence electrons. The quantitative estimate of drug-likeness (QED) is 0.829. The molecule has 1 saturated heterocycles. The molecule has 0 spiro atoms. The predicted octanol–water partition coefficient (Wildman–Crippen LogP) is 0.239. The van der Waals surface area contributed by atoms with E-state index >= 15 is 0 Å². The Labute approximate surface area is 107 Å². The second kappa shape index (κ2) is 6.08. The first-order chi connectivity index (χ1) is 8.76. The highest BCUT2D eigenvalue weighted by molar-refractivity contribution is 5.21. The number of methoxy groups -OCH3 is 1. The summed E-state index contributed by atoms with van der Waals surface area (Å²) in [6.45, 7) is 5.26. The number of aliphatic hydroxyl groups excluding tert-OH is 1. The van der Waals surface area contributed by atoms with Crippen LogP contribution < -0.4 is 4.74 Å². The molecule has 1 fully saturated rings. The van der Waals surface area contributed by atoms with Crippen LogP contribution in [0.3, 0.4) is 0 Å². The summed E-state index contributed by atoms with van der Waals surface area (Å²) in [5.41, 5.74) is 0.433. The van der Waals surface area contributed by atoms with E-state index < -0.39 is 6.10 Å². The molecule has 2 rings (SSSR count). The summed E-state index contributed by atoms with van der Waals surface area (Å²) in [4.78, 5) is 10.4. The molecule has 2 heterocycles. The van der Waals surface area contributed by atoms with Crippen molar-refractivity contribution in [3.63, 3.8) is 0 Å². The van der Waals surface area contributed by atoms with E-state index in [2.05, 4.69) is 21.8 Å². The van der Waals surface area contributed by atoms with Gasteiger partial charge in [-0.2, -0.15) is 0 Å². The summed E-state index contributed by atoms with van der Waals surface area (Å²) in [5, 5.41) is 10.3. The third-order valence-electron chi connectivity index (χ3n) is 3.14. The molecule has 1 aromatic rings. The van der Waals surface area contributed by atoms with Gasteiger partial charge in [-0.05, 0) is 6.54 Å². The van der Waals surface area contributed by atoms with Crippen LogP contribution in [0.15, 0.2) is 12.4 Å². The van der Waals surface area contributed by atoms with Gasteiger partial charge in [0, 0.05) is 25.5 Å². The molecule has 1 aromatic heterocycles. The monoisotopic (exact) mass is 253 g/mol. The lowest BCUT2D eigenvalue weighted by Crippen LogP contribution is -2.45. The molecule has 6 heteroatoms. The largest absolute Gasteiger partial charge is 0.480 e. The van der Waals surface area contributed by atoms with Crippen LogP contribution in [-0.4, -0.2) is 59.4 Å². The number of likely N-dealkylation sites (N-methyl/N-ethyl adjacent to an activating group) is 1. The first kappa shape index (κ1) is 13.2. The summed E-state index contributed by atoms with van der Waals surface area (Å²) in [6, 6.07) is 0. The maximum atomic E-state index is 10.3. The molecule has 1 N–H and O–H groups in total. The number of aromatic nitrogens is 2. The molecule has 2 unspecified atom stereocenters. The van der Waals surface area contributed by atoms with Gasteiger partial charge in [-0.25, -0.2) is 4.98 Å². The van der Waals surface area contributed by atoms with Gasteiger partial charge in [0.1, 0.15) is 17.9 Å². The van der Waals surface area contributed by atoms with Gasteiger partial charge >= 0.3 is 0 Å². The van der Waals surface area contributed by atoms with E-state index in [0.717, 1.165) is 13.1 Å². The van der Waals surface area contributed by atoms with Gasteiger partial charge in [0.05, 0.1) is 13.7 Å². The standard InChI is InChI=1S/C12H19N3O3/c1-3-15-6-7-18-9(8-15)11(16)10-12(17-2)14-5-4-13-10/h4-5,9,11,16H,3,6-8H2,1-2H3. The third-order valence-corrected chi connectivity index (χ3v) is 3.14. The topological polar surface area (TPSA) is 67.7 Å². The van der Waals surface area contributed by atoms with Crippen LogP contribution in [0.25, 0.3) is 0 Å². The fourth-order valence-electron chi connectivity index (χ4n) is 2.08. The molecule has 1 aliphatic rings. The Morgan fingerprint density at radius 1 is 1.56 bits per heavy atom. The summed E-state index contributed by atoms with van der Waals surface area (Å²) in [5.74, 6) is 0.349. The summed E-state index contributed by atoms with van der Waals surface area (Å²) in [7, 11) is 1.51. The van der Waals surface area contributed by atoms with Gasteiger partial charge in [-0.15, -0.1) is 0 Å². The van der Waals surface area contributed by atoms with Crippen molar-refractivity contribution in [1.29, 1.82) is 0 Å². The minimum atomic E-state index is -0.817. The van der Waals surface area contributed by atoms with Crippen molar-refractivity contribution in [3.8, 4) is 5.88 Å². The van der Waals surface area contributed by atoms with E-state index in [-0.39, 0.29) is 6.10 Å². The highest BCUT2D eigenvalue weighted by Crippen LogP contribution is 2.26. The molecule has 2 atom stereocenters. The summed E-state index contributed by atoms with van der Waals surface area (Å²) in [6.07, 6.45) is 1.98. The van der Waals surface area contributed by atoms with Gasteiger partial charge in [0.2, 0.25) is 5.88 Å². The van der Waals surface area contributed by atoms with Crippen LogP contribution in [0.5, 0.6) is 5.88 Å². The van der Waals surface area contributed by atoms with Crippen LogP contribution in [0, 0.1) is 0 Å². The van der Waals surface area contributed by atoms with Crippen LogP contribution in [0.1, 0.15) is 18.7 Å². The van der Waals surface area contributed by atoms with Crippen molar-refractivity contribution in [1.82, 2.24) is 14.9 Å². The molecule has 0 bridgehead atoms. The summed E-state index contributed by atoms with van der Waals surface area (Å²) < 4.78 is 10.7. The number of aliphatic hydroxyl groups is 1. The Morgan fingerprint density at radius 2 is 2.33 bits per heavy atom. The van der Waals surface area contributed by atoms with Gasteiger partial charge < -0.3 is 14.6 Å². The smallest absolute Gasteiger partial charge is 0.238 e. The van der Waals surface area contributed by atoms with Crippen molar-refractivity contribution >= 4 is 0 Å². The van der Waals surface area contributed by atoms with Crippen molar-refractivity contribution < 1.29 is 14.6 Å².